The molecule has 1 N–H and O–H groups in total. The number of aryl methyl sites for hydroxylation is 2. The highest BCUT2D eigenvalue weighted by Crippen LogP contribution is 2.40. The first-order chi connectivity index (χ1) is 20.2. The number of phenolic OH excluding ortho intramolecular Hbond substituents is 1. The van der Waals surface area contributed by atoms with E-state index in [9.17, 15) is 5.11 Å². The molecule has 0 atom stereocenters. The predicted octanol–water partition coefficient (Wildman–Crippen LogP) is 10.7. The molecule has 0 aliphatic carbocycles. The van der Waals surface area contributed by atoms with Gasteiger partial charge in [0.15, 0.2) is 0 Å². The van der Waals surface area contributed by atoms with Crippen molar-refractivity contribution in [3.8, 4) is 38.6 Å². The molecule has 0 spiro atoms. The monoisotopic (exact) mass is 566 g/mol. The topological polar surface area (TPSA) is 45.5 Å². The van der Waals surface area contributed by atoms with E-state index in [0.717, 1.165) is 43.2 Å². The van der Waals surface area contributed by atoms with Crippen molar-refractivity contribution in [2.24, 2.45) is 4.99 Å². The smallest absolute Gasteiger partial charge is 0.126 e. The molecule has 1 aromatic heterocycles. The largest absolute Gasteiger partial charge is 0.507 e. The first-order valence-corrected chi connectivity index (χ1v) is 15.0. The Balaban J connectivity index is 1.39. The van der Waals surface area contributed by atoms with Crippen molar-refractivity contribution in [3.63, 3.8) is 0 Å². The Morgan fingerprint density at radius 3 is 2.21 bits per heavy atom. The fourth-order valence-electron chi connectivity index (χ4n) is 5.33. The van der Waals surface area contributed by atoms with Crippen molar-refractivity contribution in [2.45, 2.75) is 40.0 Å². The molecule has 0 bridgehead atoms. The standard InChI is InChI=1S/C38H34N2OS/c1-24-18-25(2)20-28(19-24)26-10-8-11-27(21-26)31-13-9-15-35-36(31)40-37(42-35)32-12-6-7-14-33(32)39-23-29-22-30(38(3,4)5)16-17-34(29)41/h6-23,41H,1-5H3. The second kappa shape index (κ2) is 11.0. The van der Waals surface area contributed by atoms with Crippen LogP contribution in [0.3, 0.4) is 0 Å². The van der Waals surface area contributed by atoms with Crippen LogP contribution in [0.25, 0.3) is 43.0 Å². The molecule has 0 saturated heterocycles. The molecule has 0 amide bonds. The zero-order chi connectivity index (χ0) is 29.4. The minimum absolute atomic E-state index is 0.0224. The highest BCUT2D eigenvalue weighted by atomic mass is 32.1. The third-order valence-electron chi connectivity index (χ3n) is 7.52. The van der Waals surface area contributed by atoms with Crippen molar-refractivity contribution in [1.82, 2.24) is 4.98 Å². The van der Waals surface area contributed by atoms with Gasteiger partial charge in [-0.05, 0) is 77.9 Å². The highest BCUT2D eigenvalue weighted by molar-refractivity contribution is 7.21. The summed E-state index contributed by atoms with van der Waals surface area (Å²) in [5.41, 5.74) is 11.8. The summed E-state index contributed by atoms with van der Waals surface area (Å²) in [6.07, 6.45) is 1.75. The lowest BCUT2D eigenvalue weighted by Crippen LogP contribution is -2.11. The van der Waals surface area contributed by atoms with Crippen LogP contribution in [0.15, 0.2) is 108 Å². The van der Waals surface area contributed by atoms with Crippen LogP contribution in [0, 0.1) is 13.8 Å². The second-order valence-corrected chi connectivity index (χ2v) is 13.0. The SMILES string of the molecule is Cc1cc(C)cc(-c2cccc(-c3cccc4sc(-c5ccccc5N=Cc5cc(C(C)(C)C)ccc5O)nc34)c2)c1. The predicted molar refractivity (Wildman–Crippen MR) is 179 cm³/mol. The van der Waals surface area contributed by atoms with Crippen LogP contribution in [0.5, 0.6) is 5.75 Å². The average molecular weight is 567 g/mol. The average Bonchev–Trinajstić information content (AvgIpc) is 3.40. The number of phenols is 1. The number of hydrogen-bond donors (Lipinski definition) is 1. The summed E-state index contributed by atoms with van der Waals surface area (Å²) in [5.74, 6) is 0.219. The van der Waals surface area contributed by atoms with Crippen molar-refractivity contribution in [3.05, 3.63) is 125 Å². The molecule has 208 valence electrons. The second-order valence-electron chi connectivity index (χ2n) is 11.9. The van der Waals surface area contributed by atoms with Crippen LogP contribution in [0.4, 0.5) is 5.69 Å². The van der Waals surface area contributed by atoms with Crippen LogP contribution < -0.4 is 0 Å². The van der Waals surface area contributed by atoms with Gasteiger partial charge in [0, 0.05) is 22.9 Å². The van der Waals surface area contributed by atoms with Gasteiger partial charge in [-0.25, -0.2) is 4.98 Å². The van der Waals surface area contributed by atoms with E-state index < -0.39 is 0 Å². The fraction of sp³-hybridized carbons (Fsp3) is 0.158. The number of fused-ring (bicyclic) bond motifs is 1. The summed E-state index contributed by atoms with van der Waals surface area (Å²) in [6, 6.07) is 35.6. The molecule has 0 aliphatic heterocycles. The maximum atomic E-state index is 10.5. The number of rotatable bonds is 5. The van der Waals surface area contributed by atoms with Gasteiger partial charge >= 0.3 is 0 Å². The van der Waals surface area contributed by atoms with E-state index in [-0.39, 0.29) is 11.2 Å². The normalized spacial score (nSPS) is 11.9. The van der Waals surface area contributed by atoms with Crippen LogP contribution in [-0.2, 0) is 5.41 Å². The minimum Gasteiger partial charge on any atom is -0.507 e. The van der Waals surface area contributed by atoms with Gasteiger partial charge in [0.05, 0.1) is 15.9 Å². The Labute approximate surface area is 251 Å². The number of aromatic hydroxyl groups is 1. The van der Waals surface area contributed by atoms with E-state index in [1.807, 2.05) is 30.3 Å². The Hall–Kier alpha value is -4.54. The number of benzene rings is 5. The van der Waals surface area contributed by atoms with Crippen molar-refractivity contribution < 1.29 is 5.11 Å². The Morgan fingerprint density at radius 1 is 0.714 bits per heavy atom. The van der Waals surface area contributed by atoms with E-state index >= 15 is 0 Å². The summed E-state index contributed by atoms with van der Waals surface area (Å²) in [7, 11) is 0. The van der Waals surface area contributed by atoms with Gasteiger partial charge in [0.25, 0.3) is 0 Å². The molecular formula is C38H34N2OS. The lowest BCUT2D eigenvalue weighted by atomic mass is 9.86. The molecule has 0 unspecified atom stereocenters. The number of thiazole rings is 1. The summed E-state index contributed by atoms with van der Waals surface area (Å²) in [4.78, 5) is 9.99. The van der Waals surface area contributed by atoms with E-state index in [0.29, 0.717) is 5.56 Å². The summed E-state index contributed by atoms with van der Waals surface area (Å²) >= 11 is 1.67. The zero-order valence-electron chi connectivity index (χ0n) is 24.6. The van der Waals surface area contributed by atoms with Gasteiger partial charge in [-0.15, -0.1) is 11.3 Å². The number of aliphatic imine (C=N–C) groups is 1. The molecule has 5 aromatic carbocycles. The number of para-hydroxylation sites is 2. The number of hydrogen-bond acceptors (Lipinski definition) is 4. The van der Waals surface area contributed by atoms with Crippen LogP contribution in [0.2, 0.25) is 0 Å². The molecule has 3 nitrogen and oxygen atoms in total. The van der Waals surface area contributed by atoms with Gasteiger partial charge in [-0.2, -0.15) is 0 Å². The van der Waals surface area contributed by atoms with Crippen LogP contribution in [0.1, 0.15) is 43.0 Å². The lowest BCUT2D eigenvalue weighted by Gasteiger charge is -2.19. The van der Waals surface area contributed by atoms with Crippen LogP contribution in [-0.4, -0.2) is 16.3 Å². The molecule has 6 aromatic rings. The minimum atomic E-state index is -0.0224. The molecule has 0 fully saturated rings. The third kappa shape index (κ3) is 5.63. The van der Waals surface area contributed by atoms with Crippen LogP contribution >= 0.6 is 11.3 Å². The van der Waals surface area contributed by atoms with Crippen molar-refractivity contribution >= 4 is 33.5 Å². The molecule has 6 rings (SSSR count). The zero-order valence-corrected chi connectivity index (χ0v) is 25.5. The molecular weight excluding hydrogens is 532 g/mol. The molecule has 0 aliphatic rings. The number of nitrogens with zero attached hydrogens (tertiary/aromatic N) is 2. The molecule has 4 heteroatoms. The highest BCUT2D eigenvalue weighted by Gasteiger charge is 2.16. The Kier molecular flexibility index (Phi) is 7.26. The summed E-state index contributed by atoms with van der Waals surface area (Å²) < 4.78 is 1.13. The maximum Gasteiger partial charge on any atom is 0.126 e. The Morgan fingerprint density at radius 2 is 1.43 bits per heavy atom. The first-order valence-electron chi connectivity index (χ1n) is 14.2. The maximum absolute atomic E-state index is 10.5. The van der Waals surface area contributed by atoms with Gasteiger partial charge < -0.3 is 5.11 Å². The van der Waals surface area contributed by atoms with Gasteiger partial charge in [-0.1, -0.05) is 98.6 Å². The molecule has 0 radical (unpaired) electrons. The quantitative estimate of drug-likeness (QED) is 0.211. The summed E-state index contributed by atoms with van der Waals surface area (Å²) in [5, 5.41) is 11.4. The molecule has 0 saturated carbocycles. The molecule has 1 heterocycles. The van der Waals surface area contributed by atoms with Crippen molar-refractivity contribution in [1.29, 1.82) is 0 Å². The van der Waals surface area contributed by atoms with Gasteiger partial charge in [0.1, 0.15) is 10.8 Å². The van der Waals surface area contributed by atoms with E-state index in [2.05, 4.69) is 101 Å². The Bertz CT molecular complexity index is 1940. The third-order valence-corrected chi connectivity index (χ3v) is 8.57. The van der Waals surface area contributed by atoms with E-state index in [4.69, 9.17) is 9.98 Å². The van der Waals surface area contributed by atoms with Gasteiger partial charge in [0.2, 0.25) is 0 Å². The van der Waals surface area contributed by atoms with Gasteiger partial charge in [-0.3, -0.25) is 4.99 Å². The summed E-state index contributed by atoms with van der Waals surface area (Å²) in [6.45, 7) is 10.8. The van der Waals surface area contributed by atoms with Crippen molar-refractivity contribution in [2.75, 3.05) is 0 Å². The fourth-order valence-corrected chi connectivity index (χ4v) is 6.36. The molecule has 42 heavy (non-hydrogen) atoms. The lowest BCUT2D eigenvalue weighted by molar-refractivity contribution is 0.473. The van der Waals surface area contributed by atoms with E-state index in [1.54, 1.807) is 23.6 Å². The first kappa shape index (κ1) is 27.6. The van der Waals surface area contributed by atoms with E-state index in [1.165, 1.54) is 22.3 Å². The number of aromatic nitrogens is 1.